The van der Waals surface area contributed by atoms with Crippen molar-refractivity contribution in [2.75, 3.05) is 13.2 Å². The summed E-state index contributed by atoms with van der Waals surface area (Å²) in [5.74, 6) is 2.65. The van der Waals surface area contributed by atoms with E-state index in [2.05, 4.69) is 60.3 Å². The van der Waals surface area contributed by atoms with Crippen LogP contribution in [0.2, 0.25) is 0 Å². The van der Waals surface area contributed by atoms with Gasteiger partial charge in [0, 0.05) is 18.6 Å². The number of rotatable bonds is 6. The summed E-state index contributed by atoms with van der Waals surface area (Å²) in [6.45, 7) is 5.41. The second-order valence-electron chi connectivity index (χ2n) is 6.38. The van der Waals surface area contributed by atoms with Gasteiger partial charge in [-0.15, -0.1) is 0 Å². The van der Waals surface area contributed by atoms with Gasteiger partial charge in [-0.3, -0.25) is 15.0 Å². The maximum atomic E-state index is 9.58. The normalized spacial score (nSPS) is 22.4. The summed E-state index contributed by atoms with van der Waals surface area (Å²) in [4.78, 5) is 15.5. The molecule has 25 heavy (non-hydrogen) atoms. The van der Waals surface area contributed by atoms with Gasteiger partial charge in [0.2, 0.25) is 0 Å². The van der Waals surface area contributed by atoms with E-state index in [0.29, 0.717) is 19.0 Å². The van der Waals surface area contributed by atoms with E-state index in [1.54, 1.807) is 6.20 Å². The minimum absolute atomic E-state index is 0.0341. The van der Waals surface area contributed by atoms with Crippen LogP contribution in [0.25, 0.3) is 0 Å². The Labute approximate surface area is 156 Å². The van der Waals surface area contributed by atoms with Crippen LogP contribution < -0.4 is 10.6 Å². The zero-order chi connectivity index (χ0) is 17.8. The van der Waals surface area contributed by atoms with E-state index < -0.39 is 0 Å². The van der Waals surface area contributed by atoms with Gasteiger partial charge in [-0.2, -0.15) is 0 Å². The molecule has 0 aliphatic carbocycles. The molecule has 8 heteroatoms. The molecule has 0 bridgehead atoms. The SMILES string of the molecule is CC(C)C(CO)NC1=CN2C(=NCC2Br)C(=NCc2cccnc2)N1. The predicted molar refractivity (Wildman–Crippen MR) is 102 cm³/mol. The molecule has 2 atom stereocenters. The van der Waals surface area contributed by atoms with Crippen LogP contribution in [0.4, 0.5) is 0 Å². The summed E-state index contributed by atoms with van der Waals surface area (Å²) in [6.07, 6.45) is 5.53. The first-order valence-electron chi connectivity index (χ1n) is 8.35. The first kappa shape index (κ1) is 17.9. The molecule has 0 aromatic carbocycles. The fraction of sp³-hybridized carbons (Fsp3) is 0.471. The summed E-state index contributed by atoms with van der Waals surface area (Å²) in [5, 5.41) is 16.2. The number of hydrogen-bond acceptors (Lipinski definition) is 6. The van der Waals surface area contributed by atoms with Crippen LogP contribution in [0, 0.1) is 5.92 Å². The topological polar surface area (TPSA) is 85.1 Å². The minimum Gasteiger partial charge on any atom is -0.394 e. The number of pyridine rings is 1. The van der Waals surface area contributed by atoms with Crippen molar-refractivity contribution in [3.8, 4) is 0 Å². The number of aromatic nitrogens is 1. The molecular weight excluding hydrogens is 384 g/mol. The molecule has 3 rings (SSSR count). The number of aliphatic hydroxyl groups excluding tert-OH is 1. The van der Waals surface area contributed by atoms with E-state index in [4.69, 9.17) is 0 Å². The maximum Gasteiger partial charge on any atom is 0.172 e. The molecule has 1 aromatic rings. The quantitative estimate of drug-likeness (QED) is 0.491. The molecule has 3 heterocycles. The highest BCUT2D eigenvalue weighted by Crippen LogP contribution is 2.21. The maximum absolute atomic E-state index is 9.58. The van der Waals surface area contributed by atoms with E-state index in [1.165, 1.54) is 0 Å². The van der Waals surface area contributed by atoms with Crippen LogP contribution in [0.1, 0.15) is 19.4 Å². The third-order valence-electron chi connectivity index (χ3n) is 4.16. The zero-order valence-electron chi connectivity index (χ0n) is 14.4. The molecule has 2 aliphatic rings. The number of aliphatic imine (C=N–C) groups is 2. The van der Waals surface area contributed by atoms with Gasteiger partial charge in [-0.1, -0.05) is 35.8 Å². The molecule has 134 valence electrons. The van der Waals surface area contributed by atoms with Crippen molar-refractivity contribution in [3.05, 3.63) is 42.1 Å². The molecule has 2 aliphatic heterocycles. The second-order valence-corrected chi connectivity index (χ2v) is 7.43. The first-order valence-corrected chi connectivity index (χ1v) is 9.27. The van der Waals surface area contributed by atoms with Crippen LogP contribution in [-0.2, 0) is 6.54 Å². The Hall–Kier alpha value is -1.93. The number of nitrogens with zero attached hydrogens (tertiary/aromatic N) is 4. The number of nitrogens with one attached hydrogen (secondary N) is 2. The van der Waals surface area contributed by atoms with Crippen LogP contribution in [0.15, 0.2) is 46.5 Å². The number of alkyl halides is 1. The molecule has 0 radical (unpaired) electrons. The van der Waals surface area contributed by atoms with Crippen molar-refractivity contribution >= 4 is 27.6 Å². The van der Waals surface area contributed by atoms with Crippen molar-refractivity contribution in [2.24, 2.45) is 15.9 Å². The molecule has 0 amide bonds. The summed E-state index contributed by atoms with van der Waals surface area (Å²) < 4.78 is 0. The van der Waals surface area contributed by atoms with Gasteiger partial charge < -0.3 is 20.6 Å². The molecule has 2 unspecified atom stereocenters. The highest BCUT2D eigenvalue weighted by atomic mass is 79.9. The van der Waals surface area contributed by atoms with Crippen LogP contribution >= 0.6 is 15.9 Å². The summed E-state index contributed by atoms with van der Waals surface area (Å²) >= 11 is 3.64. The lowest BCUT2D eigenvalue weighted by Gasteiger charge is -2.31. The average Bonchev–Trinajstić information content (AvgIpc) is 2.99. The predicted octanol–water partition coefficient (Wildman–Crippen LogP) is 1.42. The fourth-order valence-corrected chi connectivity index (χ4v) is 3.08. The molecule has 1 aromatic heterocycles. The van der Waals surface area contributed by atoms with Gasteiger partial charge in [-0.05, 0) is 17.5 Å². The molecule has 0 spiro atoms. The largest absolute Gasteiger partial charge is 0.394 e. The zero-order valence-corrected chi connectivity index (χ0v) is 15.9. The summed E-state index contributed by atoms with van der Waals surface area (Å²) in [6, 6.07) is 3.86. The smallest absolute Gasteiger partial charge is 0.172 e. The first-order chi connectivity index (χ1) is 12.1. The van der Waals surface area contributed by atoms with Crippen molar-refractivity contribution < 1.29 is 5.11 Å². The third kappa shape index (κ3) is 4.19. The number of hydrogen-bond donors (Lipinski definition) is 3. The Balaban J connectivity index is 1.80. The molecular formula is C17H23BrN6O. The van der Waals surface area contributed by atoms with E-state index in [0.717, 1.165) is 23.1 Å². The Kier molecular flexibility index (Phi) is 5.70. The molecule has 0 saturated heterocycles. The molecule has 0 fully saturated rings. The van der Waals surface area contributed by atoms with Crippen molar-refractivity contribution in [1.82, 2.24) is 20.5 Å². The van der Waals surface area contributed by atoms with Crippen molar-refractivity contribution in [3.63, 3.8) is 0 Å². The average molecular weight is 407 g/mol. The lowest BCUT2D eigenvalue weighted by molar-refractivity contribution is 0.217. The van der Waals surface area contributed by atoms with Gasteiger partial charge in [0.1, 0.15) is 10.8 Å². The molecule has 3 N–H and O–H groups in total. The van der Waals surface area contributed by atoms with E-state index in [1.807, 2.05) is 24.5 Å². The monoisotopic (exact) mass is 406 g/mol. The van der Waals surface area contributed by atoms with Gasteiger partial charge in [0.15, 0.2) is 11.7 Å². The van der Waals surface area contributed by atoms with Gasteiger partial charge >= 0.3 is 0 Å². The van der Waals surface area contributed by atoms with Crippen LogP contribution in [0.5, 0.6) is 0 Å². The summed E-state index contributed by atoms with van der Waals surface area (Å²) in [7, 11) is 0. The third-order valence-corrected chi connectivity index (χ3v) is 4.89. The van der Waals surface area contributed by atoms with Crippen LogP contribution in [-0.4, -0.2) is 50.8 Å². The molecule has 7 nitrogen and oxygen atoms in total. The van der Waals surface area contributed by atoms with Crippen molar-refractivity contribution in [1.29, 1.82) is 0 Å². The minimum atomic E-state index is -0.0341. The highest BCUT2D eigenvalue weighted by Gasteiger charge is 2.32. The lowest BCUT2D eigenvalue weighted by atomic mass is 10.1. The Morgan fingerprint density at radius 2 is 2.36 bits per heavy atom. The van der Waals surface area contributed by atoms with Crippen molar-refractivity contribution in [2.45, 2.75) is 31.4 Å². The second kappa shape index (κ2) is 7.97. The summed E-state index contributed by atoms with van der Waals surface area (Å²) in [5.41, 5.74) is 1.04. The van der Waals surface area contributed by atoms with Gasteiger partial charge in [0.25, 0.3) is 0 Å². The Bertz CT molecular complexity index is 688. The number of amidine groups is 2. The number of halogens is 1. The number of fused-ring (bicyclic) bond motifs is 1. The van der Waals surface area contributed by atoms with E-state index in [9.17, 15) is 5.11 Å². The Morgan fingerprint density at radius 1 is 1.52 bits per heavy atom. The fourth-order valence-electron chi connectivity index (χ4n) is 2.63. The van der Waals surface area contributed by atoms with Gasteiger partial charge in [0.05, 0.1) is 25.7 Å². The van der Waals surface area contributed by atoms with E-state index in [-0.39, 0.29) is 17.6 Å². The highest BCUT2D eigenvalue weighted by molar-refractivity contribution is 9.09. The van der Waals surface area contributed by atoms with E-state index >= 15 is 0 Å². The lowest BCUT2D eigenvalue weighted by Crippen LogP contribution is -2.51. The number of aliphatic hydroxyl groups is 1. The van der Waals surface area contributed by atoms with Gasteiger partial charge in [-0.25, -0.2) is 0 Å². The molecule has 0 saturated carbocycles. The Morgan fingerprint density at radius 3 is 3.04 bits per heavy atom. The van der Waals surface area contributed by atoms with Crippen LogP contribution in [0.3, 0.4) is 0 Å². The standard InChI is InChI=1S/C17H23BrN6O/c1-11(2)13(10-25)22-15-9-24-14(18)8-21-17(24)16(23-15)20-7-12-4-3-5-19-6-12/h3-6,9,11,13-14,22,25H,7-8,10H2,1-2H3,(H,20,23).